The Balaban J connectivity index is 1.82. The summed E-state index contributed by atoms with van der Waals surface area (Å²) in [5.74, 6) is -1.41. The predicted octanol–water partition coefficient (Wildman–Crippen LogP) is 3.13. The molecule has 2 atom stereocenters. The molecule has 0 aliphatic heterocycles. The van der Waals surface area contributed by atoms with Crippen LogP contribution in [0, 0.1) is 17.0 Å². The van der Waals surface area contributed by atoms with Crippen LogP contribution in [-0.2, 0) is 43.6 Å². The molecule has 2 N–H and O–H groups in total. The molecule has 0 bridgehead atoms. The number of esters is 1. The van der Waals surface area contributed by atoms with Gasteiger partial charge in [-0.3, -0.25) is 14.9 Å². The molecule has 1 aliphatic rings. The van der Waals surface area contributed by atoms with Crippen LogP contribution in [0.3, 0.4) is 0 Å². The van der Waals surface area contributed by atoms with Crippen LogP contribution in [0.5, 0.6) is 0 Å². The summed E-state index contributed by atoms with van der Waals surface area (Å²) in [6.45, 7) is 8.40. The Morgan fingerprint density at radius 1 is 1.14 bits per heavy atom. The lowest BCUT2D eigenvalue weighted by Crippen LogP contribution is -2.52. The number of hydrogen-bond acceptors (Lipinski definition) is 7. The Hall–Kier alpha value is -3.31. The summed E-state index contributed by atoms with van der Waals surface area (Å²) < 4.78 is 33.4. The lowest BCUT2D eigenvalue weighted by molar-refractivity contribution is -0.387. The maximum Gasteiger partial charge on any atom is 0.329 e. The first-order valence-electron chi connectivity index (χ1n) is 12.1. The van der Waals surface area contributed by atoms with Crippen molar-refractivity contribution in [2.24, 2.45) is 0 Å². The van der Waals surface area contributed by atoms with Crippen LogP contribution < -0.4 is 10.0 Å². The number of carbonyl (C=O) groups is 2. The van der Waals surface area contributed by atoms with Crippen LogP contribution in [0.4, 0.5) is 5.69 Å². The van der Waals surface area contributed by atoms with Gasteiger partial charge in [-0.25, -0.2) is 13.2 Å². The zero-order valence-corrected chi connectivity index (χ0v) is 22.5. The average Bonchev–Trinajstić information content (AvgIpc) is 3.24. The van der Waals surface area contributed by atoms with E-state index in [0.717, 1.165) is 42.5 Å². The number of hydrogen-bond donors (Lipinski definition) is 2. The van der Waals surface area contributed by atoms with Crippen LogP contribution >= 0.6 is 0 Å². The monoisotopic (exact) mass is 531 g/mol. The van der Waals surface area contributed by atoms with Crippen LogP contribution in [0.15, 0.2) is 41.3 Å². The van der Waals surface area contributed by atoms with Crippen molar-refractivity contribution in [1.82, 2.24) is 10.0 Å². The van der Waals surface area contributed by atoms with E-state index in [9.17, 15) is 28.1 Å². The molecule has 0 radical (unpaired) electrons. The number of rotatable bonds is 9. The molecule has 0 heterocycles. The zero-order chi connectivity index (χ0) is 27.5. The van der Waals surface area contributed by atoms with E-state index in [1.807, 2.05) is 6.92 Å². The molecule has 2 aromatic rings. The van der Waals surface area contributed by atoms with Crippen molar-refractivity contribution < 1.29 is 27.7 Å². The van der Waals surface area contributed by atoms with Crippen LogP contribution in [-0.4, -0.2) is 42.9 Å². The topological polar surface area (TPSA) is 145 Å². The summed E-state index contributed by atoms with van der Waals surface area (Å²) in [5.41, 5.74) is 2.99. The highest BCUT2D eigenvalue weighted by molar-refractivity contribution is 7.89. The highest BCUT2D eigenvalue weighted by atomic mass is 32.2. The molecular formula is C26H33N3O7S. The van der Waals surface area contributed by atoms with Crippen molar-refractivity contribution in [2.75, 3.05) is 0 Å². The summed E-state index contributed by atoms with van der Waals surface area (Å²) >= 11 is 0. The van der Waals surface area contributed by atoms with Crippen molar-refractivity contribution in [3.05, 3.63) is 68.8 Å². The van der Waals surface area contributed by atoms with Gasteiger partial charge in [-0.05, 0) is 82.2 Å². The molecule has 0 saturated carbocycles. The second-order valence-corrected chi connectivity index (χ2v) is 11.9. The quantitative estimate of drug-likeness (QED) is 0.287. The number of benzene rings is 2. The fourth-order valence-electron chi connectivity index (χ4n) is 4.29. The minimum absolute atomic E-state index is 0.170. The number of fused-ring (bicyclic) bond motifs is 1. The number of nitrogens with zero attached hydrogens (tertiary/aromatic N) is 1. The molecule has 37 heavy (non-hydrogen) atoms. The molecule has 11 heteroatoms. The van der Waals surface area contributed by atoms with E-state index in [1.165, 1.54) is 30.2 Å². The van der Waals surface area contributed by atoms with Crippen LogP contribution in [0.2, 0.25) is 0 Å². The number of ether oxygens (including phenoxy) is 1. The van der Waals surface area contributed by atoms with Crippen molar-refractivity contribution in [3.8, 4) is 0 Å². The van der Waals surface area contributed by atoms with Crippen molar-refractivity contribution >= 4 is 27.6 Å². The molecule has 10 nitrogen and oxygen atoms in total. The third-order valence-corrected chi connectivity index (χ3v) is 7.65. The number of aryl methyl sites for hydroxylation is 3. The summed E-state index contributed by atoms with van der Waals surface area (Å²) in [6, 6.07) is 6.63. The predicted molar refractivity (Wildman–Crippen MR) is 138 cm³/mol. The summed E-state index contributed by atoms with van der Waals surface area (Å²) in [6.07, 6.45) is 3.21. The van der Waals surface area contributed by atoms with Crippen molar-refractivity contribution in [2.45, 2.75) is 82.9 Å². The number of nitro groups is 1. The molecule has 0 spiro atoms. The number of nitro benzene ring substituents is 1. The molecule has 0 aromatic heterocycles. The van der Waals surface area contributed by atoms with E-state index in [4.69, 9.17) is 4.74 Å². The van der Waals surface area contributed by atoms with E-state index in [0.29, 0.717) is 0 Å². The first kappa shape index (κ1) is 28.3. The summed E-state index contributed by atoms with van der Waals surface area (Å²) in [5, 5.41) is 13.9. The number of carbonyl (C=O) groups excluding carboxylic acids is 2. The summed E-state index contributed by atoms with van der Waals surface area (Å²) in [4.78, 5) is 36.0. The van der Waals surface area contributed by atoms with Crippen LogP contribution in [0.25, 0.3) is 0 Å². The van der Waals surface area contributed by atoms with Crippen molar-refractivity contribution in [1.29, 1.82) is 0 Å². The minimum atomic E-state index is -4.41. The second kappa shape index (κ2) is 11.0. The fourth-order valence-corrected chi connectivity index (χ4v) is 5.66. The standard InChI is InChI=1S/C26H33N3O7S/c1-16-13-18-9-8-10-19(18)14-20(16)15-21(25(31)36-26(3,4)5)27-24(30)17(2)28-37(34,35)23-12-7-6-11-22(23)29(32)33/h6-7,11-14,17,21,28H,8-10,15H2,1-5H3,(H,27,30)/t17-,21-/m0/s1. The molecule has 0 fully saturated rings. The van der Waals surface area contributed by atoms with Gasteiger partial charge < -0.3 is 10.1 Å². The summed E-state index contributed by atoms with van der Waals surface area (Å²) in [7, 11) is -4.41. The first-order chi connectivity index (χ1) is 17.2. The number of para-hydroxylation sites is 1. The van der Waals surface area contributed by atoms with Gasteiger partial charge in [-0.2, -0.15) is 4.72 Å². The van der Waals surface area contributed by atoms with Crippen molar-refractivity contribution in [3.63, 3.8) is 0 Å². The van der Waals surface area contributed by atoms with Gasteiger partial charge in [0, 0.05) is 12.5 Å². The Labute approximate surface area is 217 Å². The third kappa shape index (κ3) is 7.14. The van der Waals surface area contributed by atoms with Gasteiger partial charge in [-0.1, -0.05) is 24.3 Å². The van der Waals surface area contributed by atoms with Crippen LogP contribution in [0.1, 0.15) is 56.4 Å². The van der Waals surface area contributed by atoms with Gasteiger partial charge in [0.05, 0.1) is 11.0 Å². The SMILES string of the molecule is Cc1cc2c(cc1C[C@H](NC(=O)[C@H](C)NS(=O)(=O)c1ccccc1[N+](=O)[O-])C(=O)OC(C)(C)C)CCC2. The van der Waals surface area contributed by atoms with Gasteiger partial charge in [0.2, 0.25) is 15.9 Å². The zero-order valence-electron chi connectivity index (χ0n) is 21.7. The molecule has 1 aliphatic carbocycles. The normalized spacial score (nSPS) is 14.9. The molecule has 1 amide bonds. The first-order valence-corrected chi connectivity index (χ1v) is 13.6. The molecular weight excluding hydrogens is 498 g/mol. The smallest absolute Gasteiger partial charge is 0.329 e. The van der Waals surface area contributed by atoms with E-state index in [-0.39, 0.29) is 6.42 Å². The van der Waals surface area contributed by atoms with E-state index >= 15 is 0 Å². The Bertz CT molecular complexity index is 1320. The van der Waals surface area contributed by atoms with Gasteiger partial charge in [0.25, 0.3) is 5.69 Å². The number of nitrogens with one attached hydrogen (secondary N) is 2. The highest BCUT2D eigenvalue weighted by Gasteiger charge is 2.32. The maximum atomic E-state index is 13.0. The van der Waals surface area contributed by atoms with E-state index in [2.05, 4.69) is 22.2 Å². The molecule has 0 saturated heterocycles. The number of sulfonamides is 1. The largest absolute Gasteiger partial charge is 0.458 e. The minimum Gasteiger partial charge on any atom is -0.458 e. The number of amides is 1. The van der Waals surface area contributed by atoms with Gasteiger partial charge in [-0.15, -0.1) is 0 Å². The Morgan fingerprint density at radius 2 is 1.76 bits per heavy atom. The third-order valence-electron chi connectivity index (χ3n) is 6.06. The van der Waals surface area contributed by atoms with Gasteiger partial charge in [0.15, 0.2) is 4.90 Å². The molecule has 2 aromatic carbocycles. The molecule has 200 valence electrons. The Morgan fingerprint density at radius 3 is 2.38 bits per heavy atom. The van der Waals surface area contributed by atoms with Gasteiger partial charge >= 0.3 is 5.97 Å². The second-order valence-electron chi connectivity index (χ2n) is 10.3. The highest BCUT2D eigenvalue weighted by Crippen LogP contribution is 2.27. The lowest BCUT2D eigenvalue weighted by atomic mass is 9.95. The Kier molecular flexibility index (Phi) is 8.38. The molecule has 0 unspecified atom stereocenters. The fraction of sp³-hybridized carbons (Fsp3) is 0.462. The maximum absolute atomic E-state index is 13.0. The molecule has 3 rings (SSSR count). The van der Waals surface area contributed by atoms with E-state index < -0.39 is 55.1 Å². The average molecular weight is 532 g/mol. The van der Waals surface area contributed by atoms with Gasteiger partial charge in [0.1, 0.15) is 11.6 Å². The van der Waals surface area contributed by atoms with E-state index in [1.54, 1.807) is 20.8 Å². The lowest BCUT2D eigenvalue weighted by Gasteiger charge is -2.26.